The Morgan fingerprint density at radius 2 is 2.13 bits per heavy atom. The molecule has 0 atom stereocenters. The molecular weight excluding hydrogens is 190 g/mol. The van der Waals surface area contributed by atoms with Crippen molar-refractivity contribution in [3.8, 4) is 5.75 Å². The molecule has 2 aliphatic heterocycles. The van der Waals surface area contributed by atoms with Crippen molar-refractivity contribution in [2.75, 3.05) is 0 Å². The lowest BCUT2D eigenvalue weighted by Crippen LogP contribution is -2.19. The number of rotatable bonds is 0. The molecule has 1 aromatic carbocycles. The van der Waals surface area contributed by atoms with Crippen molar-refractivity contribution >= 4 is 12.0 Å². The molecule has 15 heavy (non-hydrogen) atoms. The first-order valence-corrected chi connectivity index (χ1v) is 4.75. The van der Waals surface area contributed by atoms with Gasteiger partial charge in [0.25, 0.3) is 0 Å². The van der Waals surface area contributed by atoms with Crippen molar-refractivity contribution < 1.29 is 9.53 Å². The van der Waals surface area contributed by atoms with Crippen molar-refractivity contribution in [2.24, 2.45) is 4.99 Å². The monoisotopic (exact) mass is 198 g/mol. The van der Waals surface area contributed by atoms with Gasteiger partial charge in [-0.3, -0.25) is 4.79 Å². The Labute approximate surface area is 87.1 Å². The van der Waals surface area contributed by atoms with Crippen molar-refractivity contribution in [1.29, 1.82) is 0 Å². The van der Waals surface area contributed by atoms with E-state index in [0.717, 1.165) is 11.3 Å². The molecule has 0 bridgehead atoms. The number of hydrogen-bond acceptors (Lipinski definition) is 3. The predicted octanol–water partition coefficient (Wildman–Crippen LogP) is 1.69. The lowest BCUT2D eigenvalue weighted by molar-refractivity contribution is -0.112. The molecule has 0 saturated carbocycles. The van der Waals surface area contributed by atoms with Crippen LogP contribution in [0.5, 0.6) is 5.75 Å². The van der Waals surface area contributed by atoms with Crippen LogP contribution in [0, 0.1) is 6.42 Å². The summed E-state index contributed by atoms with van der Waals surface area (Å²) in [6.07, 6.45) is 3.56. The molecule has 2 heterocycles. The highest BCUT2D eigenvalue weighted by molar-refractivity contribution is 6.14. The quantitative estimate of drug-likeness (QED) is 0.636. The van der Waals surface area contributed by atoms with E-state index in [9.17, 15) is 4.79 Å². The zero-order valence-corrected chi connectivity index (χ0v) is 7.93. The third-order valence-electron chi connectivity index (χ3n) is 2.52. The molecule has 0 spiro atoms. The van der Waals surface area contributed by atoms with E-state index in [0.29, 0.717) is 17.9 Å². The van der Waals surface area contributed by atoms with Crippen molar-refractivity contribution in [1.82, 2.24) is 0 Å². The number of nitrogens with zero attached hydrogens (tertiary/aromatic N) is 1. The molecule has 1 aromatic rings. The van der Waals surface area contributed by atoms with Gasteiger partial charge >= 0.3 is 0 Å². The van der Waals surface area contributed by atoms with Crippen molar-refractivity contribution in [3.05, 3.63) is 47.7 Å². The maximum absolute atomic E-state index is 11.6. The largest absolute Gasteiger partial charge is 0.438 e. The van der Waals surface area contributed by atoms with Gasteiger partial charge in [0, 0.05) is 12.6 Å². The molecule has 0 aromatic heterocycles. The summed E-state index contributed by atoms with van der Waals surface area (Å²) in [6.45, 7) is 0. The Morgan fingerprint density at radius 3 is 3.07 bits per heavy atom. The topological polar surface area (TPSA) is 38.7 Å². The highest BCUT2D eigenvalue weighted by Gasteiger charge is 2.25. The van der Waals surface area contributed by atoms with E-state index in [-0.39, 0.29) is 5.78 Å². The summed E-state index contributed by atoms with van der Waals surface area (Å²) < 4.78 is 5.55. The Hall–Kier alpha value is -1.90. The molecule has 0 fully saturated rings. The summed E-state index contributed by atoms with van der Waals surface area (Å²) >= 11 is 0. The van der Waals surface area contributed by atoms with E-state index in [2.05, 4.69) is 4.99 Å². The molecule has 1 radical (unpaired) electrons. The maximum Gasteiger partial charge on any atom is 0.226 e. The Morgan fingerprint density at radius 1 is 1.27 bits per heavy atom. The Bertz CT molecular complexity index is 500. The number of carbonyl (C=O) groups is 1. The summed E-state index contributed by atoms with van der Waals surface area (Å²) in [5.74, 6) is 1.24. The second kappa shape index (κ2) is 3.05. The number of benzene rings is 1. The maximum atomic E-state index is 11.6. The Balaban J connectivity index is 2.08. The van der Waals surface area contributed by atoms with E-state index in [4.69, 9.17) is 4.74 Å². The zero-order chi connectivity index (χ0) is 10.3. The smallest absolute Gasteiger partial charge is 0.226 e. The number of allylic oxidation sites excluding steroid dienone is 1. The standard InChI is InChI=1S/C12H8NO2/c14-10-5-6-13-12-9(10)7-8-3-1-2-4-11(8)15-12/h1-6H,7H2. The van der Waals surface area contributed by atoms with Crippen molar-refractivity contribution in [2.45, 2.75) is 6.42 Å². The molecule has 0 N–H and O–H groups in total. The first kappa shape index (κ1) is 8.41. The summed E-state index contributed by atoms with van der Waals surface area (Å²) in [6, 6.07) is 7.70. The third-order valence-corrected chi connectivity index (χ3v) is 2.52. The summed E-state index contributed by atoms with van der Waals surface area (Å²) in [5.41, 5.74) is 1.69. The average molecular weight is 198 g/mol. The lowest BCUT2D eigenvalue weighted by atomic mass is 9.97. The van der Waals surface area contributed by atoms with E-state index in [1.54, 1.807) is 0 Å². The van der Waals surface area contributed by atoms with Crippen molar-refractivity contribution in [3.63, 3.8) is 0 Å². The van der Waals surface area contributed by atoms with Gasteiger partial charge in [-0.15, -0.1) is 0 Å². The number of carbonyl (C=O) groups excluding carboxylic acids is 1. The molecule has 73 valence electrons. The van der Waals surface area contributed by atoms with Crippen LogP contribution in [0.15, 0.2) is 40.7 Å². The number of aliphatic imine (C=N–C) groups is 1. The van der Waals surface area contributed by atoms with Gasteiger partial charge in [0.05, 0.1) is 12.0 Å². The van der Waals surface area contributed by atoms with Gasteiger partial charge in [0.15, 0.2) is 5.78 Å². The van der Waals surface area contributed by atoms with E-state index in [1.165, 1.54) is 12.6 Å². The fourth-order valence-corrected chi connectivity index (χ4v) is 1.75. The van der Waals surface area contributed by atoms with Crippen LogP contribution in [0.4, 0.5) is 0 Å². The van der Waals surface area contributed by atoms with Crippen LogP contribution in [0.3, 0.4) is 0 Å². The third kappa shape index (κ3) is 1.28. The number of para-hydroxylation sites is 1. The van der Waals surface area contributed by atoms with Gasteiger partial charge in [0.1, 0.15) is 5.75 Å². The molecule has 3 heteroatoms. The van der Waals surface area contributed by atoms with Gasteiger partial charge in [0.2, 0.25) is 5.88 Å². The molecule has 0 unspecified atom stereocenters. The van der Waals surface area contributed by atoms with Gasteiger partial charge in [-0.2, -0.15) is 0 Å². The first-order chi connectivity index (χ1) is 7.34. The average Bonchev–Trinajstić information content (AvgIpc) is 2.27. The van der Waals surface area contributed by atoms with Gasteiger partial charge < -0.3 is 4.74 Å². The van der Waals surface area contributed by atoms with Crippen LogP contribution in [-0.4, -0.2) is 12.0 Å². The number of ketones is 1. The minimum atomic E-state index is -0.00509. The normalized spacial score (nSPS) is 18.3. The SMILES string of the molecule is O=C1[CH]C=NC2=C1Cc1ccccc1O2. The van der Waals surface area contributed by atoms with Crippen LogP contribution in [0.1, 0.15) is 5.56 Å². The van der Waals surface area contributed by atoms with Crippen LogP contribution >= 0.6 is 0 Å². The fourth-order valence-electron chi connectivity index (χ4n) is 1.75. The number of fused-ring (bicyclic) bond motifs is 1. The summed E-state index contributed by atoms with van der Waals surface area (Å²) in [7, 11) is 0. The van der Waals surface area contributed by atoms with Gasteiger partial charge in [-0.1, -0.05) is 18.2 Å². The number of Topliss-reactive ketones (excluding diaryl/α,β-unsaturated/α-hetero) is 1. The molecule has 0 aliphatic carbocycles. The second-order valence-corrected chi connectivity index (χ2v) is 3.48. The summed E-state index contributed by atoms with van der Waals surface area (Å²) in [5, 5.41) is 0. The summed E-state index contributed by atoms with van der Waals surface area (Å²) in [4.78, 5) is 15.6. The molecule has 2 aliphatic rings. The zero-order valence-electron chi connectivity index (χ0n) is 7.93. The molecule has 3 rings (SSSR count). The first-order valence-electron chi connectivity index (χ1n) is 4.75. The molecule has 0 saturated heterocycles. The number of hydrogen-bond donors (Lipinski definition) is 0. The lowest BCUT2D eigenvalue weighted by Gasteiger charge is -2.21. The van der Waals surface area contributed by atoms with Crippen LogP contribution in [0.2, 0.25) is 0 Å². The van der Waals surface area contributed by atoms with E-state index < -0.39 is 0 Å². The van der Waals surface area contributed by atoms with Crippen LogP contribution < -0.4 is 4.74 Å². The van der Waals surface area contributed by atoms with Gasteiger partial charge in [-0.25, -0.2) is 4.99 Å². The Kier molecular flexibility index (Phi) is 1.71. The second-order valence-electron chi connectivity index (χ2n) is 3.48. The van der Waals surface area contributed by atoms with E-state index in [1.807, 2.05) is 24.3 Å². The number of ether oxygens (including phenoxy) is 1. The van der Waals surface area contributed by atoms with Gasteiger partial charge in [-0.05, 0) is 11.6 Å². The molecule has 0 amide bonds. The fraction of sp³-hybridized carbons (Fsp3) is 0.0833. The minimum Gasteiger partial charge on any atom is -0.438 e. The molecular formula is C12H8NO2. The predicted molar refractivity (Wildman–Crippen MR) is 55.6 cm³/mol. The van der Waals surface area contributed by atoms with Crippen LogP contribution in [0.25, 0.3) is 0 Å². The highest BCUT2D eigenvalue weighted by atomic mass is 16.5. The van der Waals surface area contributed by atoms with Crippen LogP contribution in [-0.2, 0) is 11.2 Å². The highest BCUT2D eigenvalue weighted by Crippen LogP contribution is 2.31. The van der Waals surface area contributed by atoms with E-state index >= 15 is 0 Å². The minimum absolute atomic E-state index is 0.00509. The molecule has 3 nitrogen and oxygen atoms in total.